The lowest BCUT2D eigenvalue weighted by Crippen LogP contribution is -2.32. The molecular formula is C24H29N5O4S. The van der Waals surface area contributed by atoms with Crippen LogP contribution in [0.1, 0.15) is 41.6 Å². The van der Waals surface area contributed by atoms with Crippen molar-refractivity contribution in [2.24, 2.45) is 0 Å². The zero-order valence-electron chi connectivity index (χ0n) is 19.4. The molecule has 34 heavy (non-hydrogen) atoms. The Balaban J connectivity index is 1.66. The average molecular weight is 484 g/mol. The molecule has 1 heterocycles. The van der Waals surface area contributed by atoms with Gasteiger partial charge in [-0.2, -0.15) is 0 Å². The molecule has 0 bridgehead atoms. The number of para-hydroxylation sites is 1. The number of rotatable bonds is 11. The minimum atomic E-state index is -0.748. The molecule has 0 aliphatic heterocycles. The van der Waals surface area contributed by atoms with Crippen molar-refractivity contribution in [3.8, 4) is 5.75 Å². The van der Waals surface area contributed by atoms with Gasteiger partial charge in [-0.1, -0.05) is 36.9 Å². The van der Waals surface area contributed by atoms with Gasteiger partial charge in [0, 0.05) is 17.8 Å². The molecule has 3 aromatic rings. The first-order valence-corrected chi connectivity index (χ1v) is 12.0. The molecule has 1 aromatic heterocycles. The molecule has 1 unspecified atom stereocenters. The number of aliphatic hydroxyl groups excluding tert-OH is 1. The molecular weight excluding hydrogens is 454 g/mol. The minimum absolute atomic E-state index is 0.149. The van der Waals surface area contributed by atoms with Crippen LogP contribution in [0.2, 0.25) is 0 Å². The summed E-state index contributed by atoms with van der Waals surface area (Å²) in [6, 6.07) is 13.6. The first-order valence-electron chi connectivity index (χ1n) is 11.0. The van der Waals surface area contributed by atoms with E-state index in [1.807, 2.05) is 38.1 Å². The quantitative estimate of drug-likeness (QED) is 0.359. The van der Waals surface area contributed by atoms with Gasteiger partial charge in [0.2, 0.25) is 5.91 Å². The number of thioether (sulfide) groups is 1. The first-order chi connectivity index (χ1) is 16.5. The summed E-state index contributed by atoms with van der Waals surface area (Å²) in [6.45, 7) is 4.11. The average Bonchev–Trinajstić information content (AvgIpc) is 3.29. The lowest BCUT2D eigenvalue weighted by atomic mass is 10.1. The summed E-state index contributed by atoms with van der Waals surface area (Å²) in [7, 11) is 1.55. The monoisotopic (exact) mass is 483 g/mol. The zero-order chi connectivity index (χ0) is 24.5. The first kappa shape index (κ1) is 25.3. The van der Waals surface area contributed by atoms with Crippen LogP contribution in [0.3, 0.4) is 0 Å². The Hall–Kier alpha value is -3.37. The number of methoxy groups -OCH3 is 1. The number of anilines is 1. The number of nitrogens with zero attached hydrogens (tertiary/aromatic N) is 3. The van der Waals surface area contributed by atoms with Crippen molar-refractivity contribution in [2.75, 3.05) is 24.8 Å². The number of aromatic nitrogens is 3. The Labute approximate surface area is 202 Å². The summed E-state index contributed by atoms with van der Waals surface area (Å²) in [6.07, 6.45) is 0.821. The highest BCUT2D eigenvalue weighted by Crippen LogP contribution is 2.22. The van der Waals surface area contributed by atoms with Crippen molar-refractivity contribution in [2.45, 2.75) is 38.0 Å². The molecule has 0 aliphatic rings. The van der Waals surface area contributed by atoms with E-state index in [4.69, 9.17) is 4.74 Å². The second kappa shape index (κ2) is 12.2. The molecule has 180 valence electrons. The molecule has 0 spiro atoms. The second-order valence-corrected chi connectivity index (χ2v) is 8.31. The van der Waals surface area contributed by atoms with E-state index in [2.05, 4.69) is 20.8 Å². The molecule has 0 saturated carbocycles. The highest BCUT2D eigenvalue weighted by molar-refractivity contribution is 7.99. The number of hydrogen-bond acceptors (Lipinski definition) is 7. The molecule has 1 atom stereocenters. The maximum atomic E-state index is 12.7. The maximum Gasteiger partial charge on any atom is 0.251 e. The van der Waals surface area contributed by atoms with Gasteiger partial charge in [-0.05, 0) is 49.2 Å². The van der Waals surface area contributed by atoms with E-state index < -0.39 is 6.04 Å². The standard InChI is InChI=1S/C24H29N5O4S/c1-4-16-8-6-7-9-19(16)25-21(31)15-34-24-28-27-22(29(24)5-2)20(14-30)26-23(32)17-10-12-18(33-3)13-11-17/h6-13,20,30H,4-5,14-15H2,1-3H3,(H,25,31)(H,26,32). The molecule has 0 fully saturated rings. The summed E-state index contributed by atoms with van der Waals surface area (Å²) in [5.41, 5.74) is 2.30. The van der Waals surface area contributed by atoms with Crippen molar-refractivity contribution >= 4 is 29.3 Å². The lowest BCUT2D eigenvalue weighted by molar-refractivity contribution is -0.113. The summed E-state index contributed by atoms with van der Waals surface area (Å²) < 4.78 is 6.90. The molecule has 10 heteroatoms. The predicted octanol–water partition coefficient (Wildman–Crippen LogP) is 3.06. The van der Waals surface area contributed by atoms with Gasteiger partial charge in [0.25, 0.3) is 5.91 Å². The number of hydrogen-bond donors (Lipinski definition) is 3. The van der Waals surface area contributed by atoms with Crippen LogP contribution in [0.25, 0.3) is 0 Å². The third-order valence-electron chi connectivity index (χ3n) is 5.22. The Bertz CT molecular complexity index is 1120. The largest absolute Gasteiger partial charge is 0.497 e. The summed E-state index contributed by atoms with van der Waals surface area (Å²) in [4.78, 5) is 25.2. The van der Waals surface area contributed by atoms with Gasteiger partial charge in [-0.25, -0.2) is 0 Å². The number of ether oxygens (including phenoxy) is 1. The highest BCUT2D eigenvalue weighted by Gasteiger charge is 2.23. The number of carbonyl (C=O) groups excluding carboxylic acids is 2. The van der Waals surface area contributed by atoms with Gasteiger partial charge in [0.1, 0.15) is 11.8 Å². The van der Waals surface area contributed by atoms with E-state index in [0.717, 1.165) is 17.7 Å². The lowest BCUT2D eigenvalue weighted by Gasteiger charge is -2.17. The molecule has 9 nitrogen and oxygen atoms in total. The van der Waals surface area contributed by atoms with Gasteiger partial charge in [0.15, 0.2) is 11.0 Å². The molecule has 2 aromatic carbocycles. The van der Waals surface area contributed by atoms with Crippen molar-refractivity contribution in [1.29, 1.82) is 0 Å². The van der Waals surface area contributed by atoms with E-state index in [1.165, 1.54) is 11.8 Å². The van der Waals surface area contributed by atoms with Gasteiger partial charge in [-0.3, -0.25) is 9.59 Å². The van der Waals surface area contributed by atoms with Crippen LogP contribution in [-0.4, -0.2) is 51.2 Å². The smallest absolute Gasteiger partial charge is 0.251 e. The van der Waals surface area contributed by atoms with Gasteiger partial charge >= 0.3 is 0 Å². The summed E-state index contributed by atoms with van der Waals surface area (Å²) >= 11 is 1.25. The molecule has 3 rings (SSSR count). The normalized spacial score (nSPS) is 11.6. The number of carbonyl (C=O) groups is 2. The Kier molecular flexibility index (Phi) is 9.06. The summed E-state index contributed by atoms with van der Waals surface area (Å²) in [5.74, 6) is 0.717. The molecule has 3 N–H and O–H groups in total. The van der Waals surface area contributed by atoms with Crippen LogP contribution in [0.15, 0.2) is 53.7 Å². The van der Waals surface area contributed by atoms with Crippen LogP contribution in [0, 0.1) is 0 Å². The van der Waals surface area contributed by atoms with E-state index in [0.29, 0.717) is 28.8 Å². The fourth-order valence-electron chi connectivity index (χ4n) is 3.40. The number of benzene rings is 2. The zero-order valence-corrected chi connectivity index (χ0v) is 20.3. The molecule has 0 aliphatic carbocycles. The van der Waals surface area contributed by atoms with Gasteiger partial charge < -0.3 is 25.0 Å². The van der Waals surface area contributed by atoms with Crippen molar-refractivity contribution in [1.82, 2.24) is 20.1 Å². The highest BCUT2D eigenvalue weighted by atomic mass is 32.2. The Morgan fingerprint density at radius 1 is 1.12 bits per heavy atom. The third-order valence-corrected chi connectivity index (χ3v) is 6.18. The van der Waals surface area contributed by atoms with E-state index in [9.17, 15) is 14.7 Å². The Morgan fingerprint density at radius 2 is 1.85 bits per heavy atom. The van der Waals surface area contributed by atoms with Gasteiger partial charge in [-0.15, -0.1) is 10.2 Å². The van der Waals surface area contributed by atoms with E-state index in [-0.39, 0.29) is 24.2 Å². The van der Waals surface area contributed by atoms with Gasteiger partial charge in [0.05, 0.1) is 19.5 Å². The van der Waals surface area contributed by atoms with Crippen LogP contribution in [0.4, 0.5) is 5.69 Å². The number of nitrogens with one attached hydrogen (secondary N) is 2. The van der Waals surface area contributed by atoms with Crippen LogP contribution < -0.4 is 15.4 Å². The third kappa shape index (κ3) is 6.15. The SMILES string of the molecule is CCc1ccccc1NC(=O)CSc1nnc(C(CO)NC(=O)c2ccc(OC)cc2)n1CC. The van der Waals surface area contributed by atoms with Crippen LogP contribution in [0.5, 0.6) is 5.75 Å². The van der Waals surface area contributed by atoms with Crippen LogP contribution >= 0.6 is 11.8 Å². The minimum Gasteiger partial charge on any atom is -0.497 e. The maximum absolute atomic E-state index is 12.7. The molecule has 2 amide bonds. The van der Waals surface area contributed by atoms with Crippen LogP contribution in [-0.2, 0) is 17.8 Å². The predicted molar refractivity (Wildman–Crippen MR) is 131 cm³/mol. The second-order valence-electron chi connectivity index (χ2n) is 7.37. The Morgan fingerprint density at radius 3 is 2.50 bits per heavy atom. The van der Waals surface area contributed by atoms with Crippen molar-refractivity contribution < 1.29 is 19.4 Å². The van der Waals surface area contributed by atoms with E-state index >= 15 is 0 Å². The van der Waals surface area contributed by atoms with Crippen molar-refractivity contribution in [3.63, 3.8) is 0 Å². The number of amides is 2. The van der Waals surface area contributed by atoms with Crippen molar-refractivity contribution in [3.05, 3.63) is 65.5 Å². The molecule has 0 saturated heterocycles. The number of aliphatic hydroxyl groups is 1. The molecule has 0 radical (unpaired) electrons. The fraction of sp³-hybridized carbons (Fsp3) is 0.333. The topological polar surface area (TPSA) is 118 Å². The van der Waals surface area contributed by atoms with E-state index in [1.54, 1.807) is 35.9 Å². The summed E-state index contributed by atoms with van der Waals surface area (Å²) in [5, 5.41) is 24.6. The fourth-order valence-corrected chi connectivity index (χ4v) is 4.21. The number of aryl methyl sites for hydroxylation is 1.